The van der Waals surface area contributed by atoms with Gasteiger partial charge in [0.15, 0.2) is 0 Å². The van der Waals surface area contributed by atoms with Crippen LogP contribution in [0.5, 0.6) is 5.75 Å². The van der Waals surface area contributed by atoms with Gasteiger partial charge in [-0.15, -0.1) is 0 Å². The summed E-state index contributed by atoms with van der Waals surface area (Å²) in [6.07, 6.45) is 4.00. The average molecular weight is 253 g/mol. The summed E-state index contributed by atoms with van der Waals surface area (Å²) in [4.78, 5) is 0. The number of halogens is 1. The Morgan fingerprint density at radius 2 is 2.12 bits per heavy atom. The van der Waals surface area contributed by atoms with E-state index in [0.29, 0.717) is 6.61 Å². The number of hydrogen-bond donors (Lipinski definition) is 0. The Kier molecular flexibility index (Phi) is 5.07. The lowest BCUT2D eigenvalue weighted by atomic mass is 9.81. The van der Waals surface area contributed by atoms with E-state index in [9.17, 15) is 0 Å². The summed E-state index contributed by atoms with van der Waals surface area (Å²) in [5.41, 5.74) is 1.30. The molecule has 2 heteroatoms. The molecule has 0 spiro atoms. The van der Waals surface area contributed by atoms with E-state index < -0.39 is 0 Å². The molecule has 0 aliphatic carbocycles. The molecular formula is C15H21ClO. The van der Waals surface area contributed by atoms with Crippen molar-refractivity contribution in [3.05, 3.63) is 41.4 Å². The third-order valence-electron chi connectivity index (χ3n) is 2.91. The zero-order chi connectivity index (χ0) is 12.9. The van der Waals surface area contributed by atoms with E-state index in [2.05, 4.69) is 33.4 Å². The highest BCUT2D eigenvalue weighted by Crippen LogP contribution is 2.35. The van der Waals surface area contributed by atoms with Crippen LogP contribution < -0.4 is 4.74 Å². The molecule has 0 saturated heterocycles. The van der Waals surface area contributed by atoms with Gasteiger partial charge in [0.25, 0.3) is 0 Å². The van der Waals surface area contributed by atoms with Crippen LogP contribution in [-0.2, 0) is 5.41 Å². The Morgan fingerprint density at radius 1 is 1.41 bits per heavy atom. The number of rotatable bonds is 6. The van der Waals surface area contributed by atoms with Crippen LogP contribution in [0.3, 0.4) is 0 Å². The molecule has 0 aliphatic heterocycles. The van der Waals surface area contributed by atoms with Crippen LogP contribution in [0.25, 0.3) is 0 Å². The van der Waals surface area contributed by atoms with Gasteiger partial charge >= 0.3 is 0 Å². The van der Waals surface area contributed by atoms with E-state index in [0.717, 1.165) is 23.6 Å². The molecule has 1 aromatic carbocycles. The minimum absolute atomic E-state index is 0.114. The molecule has 0 aliphatic rings. The fourth-order valence-electron chi connectivity index (χ4n) is 2.05. The molecule has 1 nitrogen and oxygen atoms in total. The molecule has 0 bridgehead atoms. The number of benzene rings is 1. The van der Waals surface area contributed by atoms with Crippen molar-refractivity contribution in [2.24, 2.45) is 0 Å². The minimum atomic E-state index is 0.114. The summed E-state index contributed by atoms with van der Waals surface area (Å²) in [6.45, 7) is 10.8. The lowest BCUT2D eigenvalue weighted by molar-refractivity contribution is 0.362. The molecule has 0 saturated carbocycles. The third-order valence-corrected chi connectivity index (χ3v) is 3.23. The van der Waals surface area contributed by atoms with E-state index in [4.69, 9.17) is 16.3 Å². The van der Waals surface area contributed by atoms with Gasteiger partial charge in [0.1, 0.15) is 12.4 Å². The standard InChI is InChI=1S/C15H21ClO/c1-5-9-15(3,4)13-8-7-12(11-14(13)16)17-10-6-2/h6-8,11H,2,5,9-10H2,1,3-4H3. The third kappa shape index (κ3) is 3.78. The topological polar surface area (TPSA) is 9.23 Å². The van der Waals surface area contributed by atoms with Crippen molar-refractivity contribution in [1.29, 1.82) is 0 Å². The number of ether oxygens (including phenoxy) is 1. The van der Waals surface area contributed by atoms with Gasteiger partial charge < -0.3 is 4.74 Å². The first-order valence-electron chi connectivity index (χ1n) is 6.05. The maximum absolute atomic E-state index is 6.32. The van der Waals surface area contributed by atoms with Crippen molar-refractivity contribution in [3.63, 3.8) is 0 Å². The molecule has 94 valence electrons. The summed E-state index contributed by atoms with van der Waals surface area (Å²) in [7, 11) is 0. The Balaban J connectivity index is 2.92. The van der Waals surface area contributed by atoms with E-state index in [1.54, 1.807) is 6.08 Å². The lowest BCUT2D eigenvalue weighted by Gasteiger charge is -2.26. The fraction of sp³-hybridized carbons (Fsp3) is 0.467. The van der Waals surface area contributed by atoms with Gasteiger partial charge in [-0.3, -0.25) is 0 Å². The van der Waals surface area contributed by atoms with Crippen LogP contribution in [-0.4, -0.2) is 6.61 Å². The Labute approximate surface area is 109 Å². The maximum Gasteiger partial charge on any atom is 0.121 e. The molecule has 0 radical (unpaired) electrons. The summed E-state index contributed by atoms with van der Waals surface area (Å²) >= 11 is 6.32. The van der Waals surface area contributed by atoms with Crippen molar-refractivity contribution < 1.29 is 4.74 Å². The normalized spacial score (nSPS) is 11.3. The smallest absolute Gasteiger partial charge is 0.121 e. The predicted molar refractivity (Wildman–Crippen MR) is 75.1 cm³/mol. The van der Waals surface area contributed by atoms with Gasteiger partial charge in [0, 0.05) is 5.02 Å². The van der Waals surface area contributed by atoms with Crippen molar-refractivity contribution in [3.8, 4) is 5.75 Å². The molecule has 1 aromatic rings. The first-order valence-corrected chi connectivity index (χ1v) is 6.42. The lowest BCUT2D eigenvalue weighted by Crippen LogP contribution is -2.17. The van der Waals surface area contributed by atoms with E-state index in [1.165, 1.54) is 5.56 Å². The molecule has 0 fully saturated rings. The average Bonchev–Trinajstić information content (AvgIpc) is 2.26. The van der Waals surface area contributed by atoms with Gasteiger partial charge in [0.05, 0.1) is 0 Å². The zero-order valence-corrected chi connectivity index (χ0v) is 11.7. The highest BCUT2D eigenvalue weighted by Gasteiger charge is 2.22. The number of hydrogen-bond acceptors (Lipinski definition) is 1. The molecule has 0 amide bonds. The first kappa shape index (κ1) is 14.1. The van der Waals surface area contributed by atoms with Crippen molar-refractivity contribution in [2.75, 3.05) is 6.61 Å². The van der Waals surface area contributed by atoms with Crippen LogP contribution in [0, 0.1) is 0 Å². The monoisotopic (exact) mass is 252 g/mol. The van der Waals surface area contributed by atoms with Crippen molar-refractivity contribution in [2.45, 2.75) is 39.0 Å². The van der Waals surface area contributed by atoms with Gasteiger partial charge in [-0.1, -0.05) is 57.5 Å². The Hall–Kier alpha value is -0.950. The SMILES string of the molecule is C=CCOc1ccc(C(C)(C)CCC)c(Cl)c1. The minimum Gasteiger partial charge on any atom is -0.490 e. The van der Waals surface area contributed by atoms with Gasteiger partial charge in [-0.25, -0.2) is 0 Å². The maximum atomic E-state index is 6.32. The van der Waals surface area contributed by atoms with Gasteiger partial charge in [0.2, 0.25) is 0 Å². The van der Waals surface area contributed by atoms with Crippen LogP contribution in [0.2, 0.25) is 5.02 Å². The summed E-state index contributed by atoms with van der Waals surface area (Å²) < 4.78 is 5.46. The van der Waals surface area contributed by atoms with Crippen molar-refractivity contribution in [1.82, 2.24) is 0 Å². The second-order valence-electron chi connectivity index (χ2n) is 4.88. The van der Waals surface area contributed by atoms with Gasteiger partial charge in [-0.2, -0.15) is 0 Å². The van der Waals surface area contributed by atoms with Crippen LogP contribution >= 0.6 is 11.6 Å². The molecular weight excluding hydrogens is 232 g/mol. The molecule has 17 heavy (non-hydrogen) atoms. The van der Waals surface area contributed by atoms with E-state index >= 15 is 0 Å². The molecule has 0 aromatic heterocycles. The predicted octanol–water partition coefficient (Wildman–Crippen LogP) is 4.98. The Bertz CT molecular complexity index is 383. The van der Waals surface area contributed by atoms with Crippen LogP contribution in [0.4, 0.5) is 0 Å². The largest absolute Gasteiger partial charge is 0.490 e. The van der Waals surface area contributed by atoms with Crippen molar-refractivity contribution >= 4 is 11.6 Å². The van der Waals surface area contributed by atoms with E-state index in [1.807, 2.05) is 12.1 Å². The molecule has 0 atom stereocenters. The van der Waals surface area contributed by atoms with E-state index in [-0.39, 0.29) is 5.41 Å². The summed E-state index contributed by atoms with van der Waals surface area (Å²) in [5.74, 6) is 0.797. The molecule has 0 unspecified atom stereocenters. The summed E-state index contributed by atoms with van der Waals surface area (Å²) in [6, 6.07) is 5.93. The van der Waals surface area contributed by atoms with Crippen LogP contribution in [0.1, 0.15) is 39.2 Å². The second-order valence-corrected chi connectivity index (χ2v) is 5.28. The highest BCUT2D eigenvalue weighted by atomic mass is 35.5. The van der Waals surface area contributed by atoms with Crippen LogP contribution in [0.15, 0.2) is 30.9 Å². The molecule has 0 N–H and O–H groups in total. The molecule has 0 heterocycles. The summed E-state index contributed by atoms with van der Waals surface area (Å²) in [5, 5.41) is 0.782. The Morgan fingerprint density at radius 3 is 2.65 bits per heavy atom. The van der Waals surface area contributed by atoms with Gasteiger partial charge in [-0.05, 0) is 29.5 Å². The quantitative estimate of drug-likeness (QED) is 0.649. The first-order chi connectivity index (χ1) is 8.01. The zero-order valence-electron chi connectivity index (χ0n) is 10.9. The fourth-order valence-corrected chi connectivity index (χ4v) is 2.48. The highest BCUT2D eigenvalue weighted by molar-refractivity contribution is 6.31. The molecule has 1 rings (SSSR count). The second kappa shape index (κ2) is 6.11.